The molecule has 27 heavy (non-hydrogen) atoms. The summed E-state index contributed by atoms with van der Waals surface area (Å²) in [5.74, 6) is -0.485. The van der Waals surface area contributed by atoms with E-state index < -0.39 is 0 Å². The highest BCUT2D eigenvalue weighted by Crippen LogP contribution is 2.17. The van der Waals surface area contributed by atoms with E-state index in [1.165, 1.54) is 6.08 Å². The van der Waals surface area contributed by atoms with Gasteiger partial charge in [0.1, 0.15) is 0 Å². The highest BCUT2D eigenvalue weighted by atomic mass is 16.5. The Morgan fingerprint density at radius 2 is 1.85 bits per heavy atom. The van der Waals surface area contributed by atoms with Crippen molar-refractivity contribution in [3.63, 3.8) is 0 Å². The number of carbonyl (C=O) groups is 2. The topological polar surface area (TPSA) is 68.3 Å². The van der Waals surface area contributed by atoms with Crippen LogP contribution in [0.15, 0.2) is 66.9 Å². The number of hydrogen-bond acceptors (Lipinski definition) is 4. The number of fused-ring (bicyclic) bond motifs is 1. The number of pyridine rings is 1. The fourth-order valence-electron chi connectivity index (χ4n) is 2.72. The van der Waals surface area contributed by atoms with Gasteiger partial charge in [0, 0.05) is 23.3 Å². The maximum atomic E-state index is 12.4. The summed E-state index contributed by atoms with van der Waals surface area (Å²) < 4.78 is 4.84. The van der Waals surface area contributed by atoms with Gasteiger partial charge in [-0.2, -0.15) is 0 Å². The van der Waals surface area contributed by atoms with E-state index >= 15 is 0 Å². The lowest BCUT2D eigenvalue weighted by Crippen LogP contribution is -2.14. The van der Waals surface area contributed by atoms with E-state index in [4.69, 9.17) is 4.74 Å². The second kappa shape index (κ2) is 8.76. The number of amides is 1. The first kappa shape index (κ1) is 18.3. The standard InChI is InChI=1S/C22H20N2O3/c1-2-27-21(26)13-10-16-8-11-19(12-9-16)24-20(25)15-18-6-3-5-17-7-4-14-23-22(17)18/h3-14H,2,15H2,1H3,(H,24,25)/b13-10+. The van der Waals surface area contributed by atoms with Crippen LogP contribution in [0, 0.1) is 0 Å². The molecule has 0 aliphatic rings. The number of rotatable bonds is 6. The van der Waals surface area contributed by atoms with Gasteiger partial charge in [0.2, 0.25) is 5.91 Å². The molecule has 0 radical (unpaired) electrons. The van der Waals surface area contributed by atoms with E-state index in [1.807, 2.05) is 42.5 Å². The van der Waals surface area contributed by atoms with Crippen molar-refractivity contribution in [2.45, 2.75) is 13.3 Å². The summed E-state index contributed by atoms with van der Waals surface area (Å²) in [6.07, 6.45) is 5.03. The number of carbonyl (C=O) groups excluding carboxylic acids is 2. The van der Waals surface area contributed by atoms with Crippen molar-refractivity contribution in [1.82, 2.24) is 4.98 Å². The van der Waals surface area contributed by atoms with Crippen LogP contribution in [-0.4, -0.2) is 23.5 Å². The first-order valence-corrected chi connectivity index (χ1v) is 8.73. The molecule has 2 aromatic carbocycles. The van der Waals surface area contributed by atoms with Crippen LogP contribution in [0.25, 0.3) is 17.0 Å². The molecule has 1 N–H and O–H groups in total. The average molecular weight is 360 g/mol. The van der Waals surface area contributed by atoms with Crippen molar-refractivity contribution in [3.05, 3.63) is 78.0 Å². The number of nitrogens with one attached hydrogen (secondary N) is 1. The van der Waals surface area contributed by atoms with Crippen molar-refractivity contribution >= 4 is 34.5 Å². The van der Waals surface area contributed by atoms with Gasteiger partial charge >= 0.3 is 5.97 Å². The molecule has 0 aliphatic heterocycles. The van der Waals surface area contributed by atoms with Crippen molar-refractivity contribution in [2.24, 2.45) is 0 Å². The van der Waals surface area contributed by atoms with Gasteiger partial charge in [0.05, 0.1) is 18.5 Å². The third-order valence-corrected chi connectivity index (χ3v) is 3.96. The molecule has 1 aromatic heterocycles. The summed E-state index contributed by atoms with van der Waals surface area (Å²) in [7, 11) is 0. The Balaban J connectivity index is 1.63. The number of anilines is 1. The minimum Gasteiger partial charge on any atom is -0.463 e. The number of benzene rings is 2. The number of aromatic nitrogens is 1. The summed E-state index contributed by atoms with van der Waals surface area (Å²) in [6, 6.07) is 16.9. The van der Waals surface area contributed by atoms with E-state index in [0.717, 1.165) is 22.0 Å². The van der Waals surface area contributed by atoms with Gasteiger partial charge in [-0.05, 0) is 42.3 Å². The van der Waals surface area contributed by atoms with Crippen LogP contribution in [0.4, 0.5) is 5.69 Å². The molecule has 0 spiro atoms. The van der Waals surface area contributed by atoms with Crippen molar-refractivity contribution in [1.29, 1.82) is 0 Å². The number of hydrogen-bond donors (Lipinski definition) is 1. The number of ether oxygens (including phenoxy) is 1. The molecule has 136 valence electrons. The van der Waals surface area contributed by atoms with Crippen LogP contribution in [0.1, 0.15) is 18.1 Å². The molecule has 0 aliphatic carbocycles. The van der Waals surface area contributed by atoms with Gasteiger partial charge in [0.25, 0.3) is 0 Å². The minimum atomic E-state index is -0.376. The fourth-order valence-corrected chi connectivity index (χ4v) is 2.72. The molecule has 3 aromatic rings. The number of nitrogens with zero attached hydrogens (tertiary/aromatic N) is 1. The van der Waals surface area contributed by atoms with Crippen LogP contribution < -0.4 is 5.32 Å². The predicted molar refractivity (Wildman–Crippen MR) is 106 cm³/mol. The molecular formula is C22H20N2O3. The Hall–Kier alpha value is -3.47. The maximum absolute atomic E-state index is 12.4. The average Bonchev–Trinajstić information content (AvgIpc) is 2.68. The number of para-hydroxylation sites is 1. The van der Waals surface area contributed by atoms with Crippen molar-refractivity contribution in [3.8, 4) is 0 Å². The highest BCUT2D eigenvalue weighted by Gasteiger charge is 2.08. The lowest BCUT2D eigenvalue weighted by Gasteiger charge is -2.07. The van der Waals surface area contributed by atoms with Gasteiger partial charge in [0.15, 0.2) is 0 Å². The van der Waals surface area contributed by atoms with E-state index in [9.17, 15) is 9.59 Å². The molecule has 0 atom stereocenters. The lowest BCUT2D eigenvalue weighted by atomic mass is 10.1. The molecule has 1 heterocycles. The van der Waals surface area contributed by atoms with Gasteiger partial charge in [-0.15, -0.1) is 0 Å². The molecular weight excluding hydrogens is 340 g/mol. The second-order valence-electron chi connectivity index (χ2n) is 5.92. The third kappa shape index (κ3) is 5.01. The Labute approximate surface area is 157 Å². The summed E-state index contributed by atoms with van der Waals surface area (Å²) in [5, 5.41) is 3.90. The lowest BCUT2D eigenvalue weighted by molar-refractivity contribution is -0.137. The van der Waals surface area contributed by atoms with Crippen LogP contribution in [0.2, 0.25) is 0 Å². The van der Waals surface area contributed by atoms with E-state index in [-0.39, 0.29) is 18.3 Å². The first-order valence-electron chi connectivity index (χ1n) is 8.73. The Bertz CT molecular complexity index is 973. The third-order valence-electron chi connectivity index (χ3n) is 3.96. The minimum absolute atomic E-state index is 0.108. The summed E-state index contributed by atoms with van der Waals surface area (Å²) >= 11 is 0. The van der Waals surface area contributed by atoms with E-state index in [1.54, 1.807) is 31.3 Å². The zero-order valence-electron chi connectivity index (χ0n) is 15.0. The van der Waals surface area contributed by atoms with E-state index in [0.29, 0.717) is 12.3 Å². The predicted octanol–water partition coefficient (Wildman–Crippen LogP) is 3.99. The van der Waals surface area contributed by atoms with Crippen LogP contribution in [0.5, 0.6) is 0 Å². The second-order valence-corrected chi connectivity index (χ2v) is 5.92. The van der Waals surface area contributed by atoms with Gasteiger partial charge < -0.3 is 10.1 Å². The largest absolute Gasteiger partial charge is 0.463 e. The Morgan fingerprint density at radius 3 is 2.63 bits per heavy atom. The smallest absolute Gasteiger partial charge is 0.330 e. The molecule has 0 bridgehead atoms. The molecule has 0 saturated heterocycles. The molecule has 0 unspecified atom stereocenters. The van der Waals surface area contributed by atoms with Crippen LogP contribution in [0.3, 0.4) is 0 Å². The molecule has 3 rings (SSSR count). The zero-order chi connectivity index (χ0) is 19.1. The first-order chi connectivity index (χ1) is 13.2. The summed E-state index contributed by atoms with van der Waals surface area (Å²) in [5.41, 5.74) is 3.27. The monoisotopic (exact) mass is 360 g/mol. The fraction of sp³-hybridized carbons (Fsp3) is 0.136. The normalized spacial score (nSPS) is 10.9. The quantitative estimate of drug-likeness (QED) is 0.533. The van der Waals surface area contributed by atoms with Crippen molar-refractivity contribution in [2.75, 3.05) is 11.9 Å². The van der Waals surface area contributed by atoms with Crippen LogP contribution in [-0.2, 0) is 20.7 Å². The van der Waals surface area contributed by atoms with Gasteiger partial charge in [-0.25, -0.2) is 4.79 Å². The molecule has 0 saturated carbocycles. The zero-order valence-corrected chi connectivity index (χ0v) is 15.0. The number of esters is 1. The highest BCUT2D eigenvalue weighted by molar-refractivity contribution is 5.95. The summed E-state index contributed by atoms with van der Waals surface area (Å²) in [6.45, 7) is 2.11. The maximum Gasteiger partial charge on any atom is 0.330 e. The molecule has 0 fully saturated rings. The Kier molecular flexibility index (Phi) is 5.94. The molecule has 1 amide bonds. The van der Waals surface area contributed by atoms with Crippen LogP contribution >= 0.6 is 0 Å². The molecule has 5 nitrogen and oxygen atoms in total. The SMILES string of the molecule is CCOC(=O)/C=C/c1ccc(NC(=O)Cc2cccc3cccnc23)cc1. The van der Waals surface area contributed by atoms with Gasteiger partial charge in [-0.3, -0.25) is 9.78 Å². The van der Waals surface area contributed by atoms with Crippen molar-refractivity contribution < 1.29 is 14.3 Å². The molecule has 5 heteroatoms. The van der Waals surface area contributed by atoms with Gasteiger partial charge in [-0.1, -0.05) is 36.4 Å². The Morgan fingerprint density at radius 1 is 1.07 bits per heavy atom. The summed E-state index contributed by atoms with van der Waals surface area (Å²) in [4.78, 5) is 28.1. The van der Waals surface area contributed by atoms with E-state index in [2.05, 4.69) is 10.3 Å².